The summed E-state index contributed by atoms with van der Waals surface area (Å²) in [5.74, 6) is -1.55. The van der Waals surface area contributed by atoms with E-state index in [4.69, 9.17) is 10.2 Å². The molecule has 0 aliphatic carbocycles. The quantitative estimate of drug-likeness (QED) is 0.810. The Morgan fingerprint density at radius 3 is 2.24 bits per heavy atom. The first-order valence-corrected chi connectivity index (χ1v) is 6.83. The Kier molecular flexibility index (Phi) is 4.25. The van der Waals surface area contributed by atoms with Crippen molar-refractivity contribution in [1.82, 2.24) is 0 Å². The second-order valence-corrected chi connectivity index (χ2v) is 6.01. The average molecular weight is 258 g/mol. The van der Waals surface area contributed by atoms with Crippen molar-refractivity contribution >= 4 is 15.8 Å². The van der Waals surface area contributed by atoms with Gasteiger partial charge >= 0.3 is 5.97 Å². The van der Waals surface area contributed by atoms with Crippen LogP contribution < -0.4 is 0 Å². The first-order chi connectivity index (χ1) is 7.80. The number of aromatic carboxylic acids is 1. The summed E-state index contributed by atoms with van der Waals surface area (Å²) in [6, 6.07) is 5.64. The summed E-state index contributed by atoms with van der Waals surface area (Å²) in [7, 11) is -3.36. The number of benzene rings is 1. The van der Waals surface area contributed by atoms with Crippen LogP contribution in [0.15, 0.2) is 24.3 Å². The molecule has 1 aromatic carbocycles. The van der Waals surface area contributed by atoms with E-state index in [1.54, 1.807) is 0 Å². The molecule has 0 bridgehead atoms. The minimum Gasteiger partial charge on any atom is -0.478 e. The molecule has 0 saturated carbocycles. The minimum atomic E-state index is -3.36. The van der Waals surface area contributed by atoms with Crippen LogP contribution in [-0.2, 0) is 15.6 Å². The van der Waals surface area contributed by atoms with Crippen LogP contribution in [0.4, 0.5) is 0 Å². The van der Waals surface area contributed by atoms with E-state index in [1.165, 1.54) is 31.2 Å². The number of carboxylic acids is 1. The Morgan fingerprint density at radius 1 is 1.29 bits per heavy atom. The summed E-state index contributed by atoms with van der Waals surface area (Å²) < 4.78 is 23.1. The van der Waals surface area contributed by atoms with E-state index < -0.39 is 21.9 Å². The molecule has 0 radical (unpaired) electrons. The number of aliphatic hydroxyl groups is 1. The Morgan fingerprint density at radius 2 is 1.82 bits per heavy atom. The van der Waals surface area contributed by atoms with E-state index in [2.05, 4.69) is 0 Å². The van der Waals surface area contributed by atoms with Gasteiger partial charge in [-0.15, -0.1) is 0 Å². The summed E-state index contributed by atoms with van der Waals surface area (Å²) in [4.78, 5) is 10.6. The van der Waals surface area contributed by atoms with Crippen molar-refractivity contribution in [3.8, 4) is 0 Å². The predicted molar refractivity (Wildman–Crippen MR) is 62.6 cm³/mol. The van der Waals surface area contributed by atoms with E-state index in [9.17, 15) is 13.2 Å². The van der Waals surface area contributed by atoms with Crippen LogP contribution in [0.3, 0.4) is 0 Å². The highest BCUT2D eigenvalue weighted by atomic mass is 32.2. The summed E-state index contributed by atoms with van der Waals surface area (Å²) in [6.07, 6.45) is -0.904. The molecule has 17 heavy (non-hydrogen) atoms. The average Bonchev–Trinajstić information content (AvgIpc) is 2.15. The number of carbonyl (C=O) groups is 1. The third-order valence-electron chi connectivity index (χ3n) is 2.08. The van der Waals surface area contributed by atoms with E-state index in [0.29, 0.717) is 5.56 Å². The standard InChI is InChI=1S/C11H14O5S/c1-8(12)6-17(15,16)7-9-2-4-10(5-3-9)11(13)14/h2-5,8,12H,6-7H2,1H3,(H,13,14). The van der Waals surface area contributed by atoms with Crippen molar-refractivity contribution in [1.29, 1.82) is 0 Å². The third-order valence-corrected chi connectivity index (χ3v) is 3.85. The maximum absolute atomic E-state index is 11.6. The van der Waals surface area contributed by atoms with Crippen molar-refractivity contribution < 1.29 is 23.4 Å². The Hall–Kier alpha value is -1.40. The zero-order chi connectivity index (χ0) is 13.1. The highest BCUT2D eigenvalue weighted by Gasteiger charge is 2.15. The van der Waals surface area contributed by atoms with Gasteiger partial charge in [0.1, 0.15) is 0 Å². The molecule has 0 heterocycles. The Balaban J connectivity index is 2.79. The van der Waals surface area contributed by atoms with Gasteiger partial charge in [0.05, 0.1) is 23.2 Å². The molecule has 6 heteroatoms. The van der Waals surface area contributed by atoms with Crippen LogP contribution in [0.2, 0.25) is 0 Å². The van der Waals surface area contributed by atoms with E-state index >= 15 is 0 Å². The fourth-order valence-corrected chi connectivity index (χ4v) is 2.98. The second kappa shape index (κ2) is 5.29. The molecule has 94 valence electrons. The van der Waals surface area contributed by atoms with Crippen molar-refractivity contribution in [2.45, 2.75) is 18.8 Å². The summed E-state index contributed by atoms with van der Waals surface area (Å²) in [6.45, 7) is 1.41. The molecule has 1 aromatic rings. The highest BCUT2D eigenvalue weighted by Crippen LogP contribution is 2.10. The number of sulfone groups is 1. The summed E-state index contributed by atoms with van der Waals surface area (Å²) >= 11 is 0. The van der Waals surface area contributed by atoms with E-state index in [-0.39, 0.29) is 17.1 Å². The normalized spacial score (nSPS) is 13.3. The van der Waals surface area contributed by atoms with Gasteiger partial charge in [-0.25, -0.2) is 13.2 Å². The first-order valence-electron chi connectivity index (χ1n) is 5.01. The number of rotatable bonds is 5. The van der Waals surface area contributed by atoms with Gasteiger partial charge in [0, 0.05) is 0 Å². The largest absolute Gasteiger partial charge is 0.478 e. The molecule has 0 aromatic heterocycles. The van der Waals surface area contributed by atoms with Crippen LogP contribution in [-0.4, -0.2) is 36.5 Å². The molecule has 0 spiro atoms. The molecule has 0 amide bonds. The number of hydrogen-bond donors (Lipinski definition) is 2. The molecule has 0 fully saturated rings. The number of hydrogen-bond acceptors (Lipinski definition) is 4. The van der Waals surface area contributed by atoms with Crippen molar-refractivity contribution in [3.05, 3.63) is 35.4 Å². The van der Waals surface area contributed by atoms with Gasteiger partial charge in [0.2, 0.25) is 0 Å². The molecule has 2 N–H and O–H groups in total. The lowest BCUT2D eigenvalue weighted by Gasteiger charge is -2.06. The fraction of sp³-hybridized carbons (Fsp3) is 0.364. The molecule has 5 nitrogen and oxygen atoms in total. The molecule has 0 aliphatic rings. The van der Waals surface area contributed by atoms with Crippen molar-refractivity contribution in [2.24, 2.45) is 0 Å². The predicted octanol–water partition coefficient (Wildman–Crippen LogP) is 0.680. The maximum atomic E-state index is 11.6. The van der Waals surface area contributed by atoms with Gasteiger partial charge in [-0.2, -0.15) is 0 Å². The van der Waals surface area contributed by atoms with Crippen LogP contribution in [0.5, 0.6) is 0 Å². The topological polar surface area (TPSA) is 91.7 Å². The van der Waals surface area contributed by atoms with Gasteiger partial charge in [-0.05, 0) is 24.6 Å². The monoisotopic (exact) mass is 258 g/mol. The SMILES string of the molecule is CC(O)CS(=O)(=O)Cc1ccc(C(=O)O)cc1. The second-order valence-electron chi connectivity index (χ2n) is 3.91. The Labute approximate surface area is 99.6 Å². The zero-order valence-electron chi connectivity index (χ0n) is 9.33. The molecule has 1 atom stereocenters. The highest BCUT2D eigenvalue weighted by molar-refractivity contribution is 7.90. The van der Waals surface area contributed by atoms with Crippen molar-refractivity contribution in [3.63, 3.8) is 0 Å². The first kappa shape index (κ1) is 13.7. The summed E-state index contributed by atoms with van der Waals surface area (Å²) in [5, 5.41) is 17.7. The van der Waals surface area contributed by atoms with Gasteiger partial charge in [-0.3, -0.25) is 0 Å². The lowest BCUT2D eigenvalue weighted by Crippen LogP contribution is -2.19. The van der Waals surface area contributed by atoms with Gasteiger partial charge < -0.3 is 10.2 Å². The van der Waals surface area contributed by atoms with E-state index in [1.807, 2.05) is 0 Å². The zero-order valence-corrected chi connectivity index (χ0v) is 10.1. The lowest BCUT2D eigenvalue weighted by molar-refractivity contribution is 0.0697. The molecule has 0 aliphatic heterocycles. The third kappa shape index (κ3) is 4.54. The van der Waals surface area contributed by atoms with Gasteiger partial charge in [0.15, 0.2) is 9.84 Å². The maximum Gasteiger partial charge on any atom is 0.335 e. The lowest BCUT2D eigenvalue weighted by atomic mass is 10.1. The Bertz CT molecular complexity index is 487. The van der Waals surface area contributed by atoms with Gasteiger partial charge in [0.25, 0.3) is 0 Å². The van der Waals surface area contributed by atoms with Gasteiger partial charge in [-0.1, -0.05) is 12.1 Å². The van der Waals surface area contributed by atoms with E-state index in [0.717, 1.165) is 0 Å². The van der Waals surface area contributed by atoms with Crippen LogP contribution >= 0.6 is 0 Å². The number of carboxylic acid groups (broad SMARTS) is 1. The van der Waals surface area contributed by atoms with Crippen LogP contribution in [0.25, 0.3) is 0 Å². The molecular formula is C11H14O5S. The minimum absolute atomic E-state index is 0.113. The molecule has 1 rings (SSSR count). The van der Waals surface area contributed by atoms with Crippen LogP contribution in [0, 0.1) is 0 Å². The molecule has 0 saturated heterocycles. The molecule has 1 unspecified atom stereocenters. The smallest absolute Gasteiger partial charge is 0.335 e. The van der Waals surface area contributed by atoms with Crippen LogP contribution in [0.1, 0.15) is 22.8 Å². The van der Waals surface area contributed by atoms with Crippen molar-refractivity contribution in [2.75, 3.05) is 5.75 Å². The number of aliphatic hydroxyl groups excluding tert-OH is 1. The summed E-state index contributed by atoms with van der Waals surface area (Å²) in [5.41, 5.74) is 0.623. The fourth-order valence-electron chi connectivity index (χ4n) is 1.42. The molecular weight excluding hydrogens is 244 g/mol.